The Morgan fingerprint density at radius 2 is 1.84 bits per heavy atom. The number of nitrogens with two attached hydrogens (primary N) is 1. The summed E-state index contributed by atoms with van der Waals surface area (Å²) < 4.78 is 0. The molecular formula is C17H28N2. The van der Waals surface area contributed by atoms with E-state index in [2.05, 4.69) is 49.9 Å². The first-order valence-corrected chi connectivity index (χ1v) is 7.69. The van der Waals surface area contributed by atoms with Crippen molar-refractivity contribution >= 4 is 0 Å². The van der Waals surface area contributed by atoms with E-state index in [0.29, 0.717) is 12.0 Å². The van der Waals surface area contributed by atoms with Gasteiger partial charge in [0.1, 0.15) is 0 Å². The van der Waals surface area contributed by atoms with Gasteiger partial charge in [-0.2, -0.15) is 0 Å². The number of nitrogens with zero attached hydrogens (tertiary/aromatic N) is 1. The third-order valence-corrected chi connectivity index (χ3v) is 4.55. The highest BCUT2D eigenvalue weighted by Crippen LogP contribution is 2.29. The van der Waals surface area contributed by atoms with Crippen LogP contribution in [-0.2, 0) is 0 Å². The molecule has 106 valence electrons. The van der Waals surface area contributed by atoms with Gasteiger partial charge in [-0.3, -0.25) is 4.90 Å². The summed E-state index contributed by atoms with van der Waals surface area (Å²) in [7, 11) is 0. The molecule has 1 heterocycles. The average molecular weight is 260 g/mol. The van der Waals surface area contributed by atoms with Crippen molar-refractivity contribution in [2.24, 2.45) is 11.7 Å². The Morgan fingerprint density at radius 3 is 2.32 bits per heavy atom. The smallest absolute Gasteiger partial charge is 0.0470 e. The first kappa shape index (κ1) is 14.5. The van der Waals surface area contributed by atoms with E-state index in [1.165, 1.54) is 37.1 Å². The van der Waals surface area contributed by atoms with Gasteiger partial charge in [0.25, 0.3) is 0 Å². The average Bonchev–Trinajstić information content (AvgIpc) is 2.89. The van der Waals surface area contributed by atoms with E-state index in [9.17, 15) is 0 Å². The highest BCUT2D eigenvalue weighted by molar-refractivity contribution is 5.27. The molecule has 1 aliphatic heterocycles. The largest absolute Gasteiger partial charge is 0.329 e. The molecule has 2 N–H and O–H groups in total. The fourth-order valence-electron chi connectivity index (χ4n) is 3.08. The minimum atomic E-state index is 0.401. The summed E-state index contributed by atoms with van der Waals surface area (Å²) in [4.78, 5) is 2.57. The minimum Gasteiger partial charge on any atom is -0.329 e. The van der Waals surface area contributed by atoms with Crippen LogP contribution in [0.5, 0.6) is 0 Å². The lowest BCUT2D eigenvalue weighted by Crippen LogP contribution is -2.32. The van der Waals surface area contributed by atoms with Crippen LogP contribution >= 0.6 is 0 Å². The van der Waals surface area contributed by atoms with E-state index in [4.69, 9.17) is 5.73 Å². The molecule has 2 heteroatoms. The van der Waals surface area contributed by atoms with Crippen LogP contribution in [0.2, 0.25) is 0 Å². The molecule has 1 saturated heterocycles. The molecule has 1 aromatic carbocycles. The molecule has 2 nitrogen and oxygen atoms in total. The SMILES string of the molecule is CCC1CCN(C(CN)c2ccc(C(C)C)cc2)C1. The molecule has 2 rings (SSSR count). The van der Waals surface area contributed by atoms with Crippen LogP contribution < -0.4 is 5.73 Å². The zero-order valence-corrected chi connectivity index (χ0v) is 12.6. The van der Waals surface area contributed by atoms with Gasteiger partial charge in [0.2, 0.25) is 0 Å². The second-order valence-electron chi connectivity index (χ2n) is 6.13. The Bertz CT molecular complexity index is 383. The molecule has 0 spiro atoms. The molecule has 0 saturated carbocycles. The van der Waals surface area contributed by atoms with Crippen molar-refractivity contribution in [1.82, 2.24) is 4.90 Å². The topological polar surface area (TPSA) is 29.3 Å². The lowest BCUT2D eigenvalue weighted by Gasteiger charge is -2.27. The van der Waals surface area contributed by atoms with Crippen molar-refractivity contribution in [2.45, 2.75) is 45.6 Å². The summed E-state index contributed by atoms with van der Waals surface area (Å²) in [6.45, 7) is 9.90. The predicted octanol–water partition coefficient (Wildman–Crippen LogP) is 3.54. The molecule has 0 aliphatic carbocycles. The third kappa shape index (κ3) is 3.37. The molecule has 1 aliphatic rings. The van der Waals surface area contributed by atoms with Crippen LogP contribution in [0.3, 0.4) is 0 Å². The zero-order chi connectivity index (χ0) is 13.8. The van der Waals surface area contributed by atoms with Gasteiger partial charge in [0.15, 0.2) is 0 Å². The number of likely N-dealkylation sites (tertiary alicyclic amines) is 1. The molecular weight excluding hydrogens is 232 g/mol. The summed E-state index contributed by atoms with van der Waals surface area (Å²) in [5.41, 5.74) is 8.82. The summed E-state index contributed by atoms with van der Waals surface area (Å²) in [5, 5.41) is 0. The van der Waals surface area contributed by atoms with Crippen LogP contribution in [-0.4, -0.2) is 24.5 Å². The Labute approximate surface area is 118 Å². The fourth-order valence-corrected chi connectivity index (χ4v) is 3.08. The molecule has 0 bridgehead atoms. The lowest BCUT2D eigenvalue weighted by molar-refractivity contribution is 0.241. The van der Waals surface area contributed by atoms with Crippen LogP contribution in [0.25, 0.3) is 0 Å². The van der Waals surface area contributed by atoms with Crippen LogP contribution in [0, 0.1) is 5.92 Å². The maximum atomic E-state index is 6.03. The van der Waals surface area contributed by atoms with Gasteiger partial charge in [0.05, 0.1) is 0 Å². The van der Waals surface area contributed by atoms with Gasteiger partial charge in [-0.05, 0) is 35.9 Å². The van der Waals surface area contributed by atoms with Crippen molar-refractivity contribution in [2.75, 3.05) is 19.6 Å². The second-order valence-corrected chi connectivity index (χ2v) is 6.13. The molecule has 2 unspecified atom stereocenters. The molecule has 0 amide bonds. The zero-order valence-electron chi connectivity index (χ0n) is 12.6. The van der Waals surface area contributed by atoms with E-state index in [1.807, 2.05) is 0 Å². The normalized spacial score (nSPS) is 22.1. The Hall–Kier alpha value is -0.860. The summed E-state index contributed by atoms with van der Waals surface area (Å²) in [5.74, 6) is 1.46. The Balaban J connectivity index is 2.09. The van der Waals surface area contributed by atoms with Crippen LogP contribution in [0.1, 0.15) is 56.7 Å². The van der Waals surface area contributed by atoms with Gasteiger partial charge in [-0.15, -0.1) is 0 Å². The molecule has 19 heavy (non-hydrogen) atoms. The Kier molecular flexibility index (Phi) is 5.00. The maximum Gasteiger partial charge on any atom is 0.0470 e. The number of hydrogen-bond donors (Lipinski definition) is 1. The van der Waals surface area contributed by atoms with Gasteiger partial charge in [0, 0.05) is 19.1 Å². The van der Waals surface area contributed by atoms with E-state index >= 15 is 0 Å². The van der Waals surface area contributed by atoms with Gasteiger partial charge >= 0.3 is 0 Å². The maximum absolute atomic E-state index is 6.03. The fraction of sp³-hybridized carbons (Fsp3) is 0.647. The van der Waals surface area contributed by atoms with Crippen molar-refractivity contribution < 1.29 is 0 Å². The van der Waals surface area contributed by atoms with Crippen molar-refractivity contribution in [1.29, 1.82) is 0 Å². The summed E-state index contributed by atoms with van der Waals surface area (Å²) >= 11 is 0. The number of benzene rings is 1. The third-order valence-electron chi connectivity index (χ3n) is 4.55. The lowest BCUT2D eigenvalue weighted by atomic mass is 9.98. The standard InChI is InChI=1S/C17H28N2/c1-4-14-9-10-19(12-14)17(11-18)16-7-5-15(6-8-16)13(2)3/h5-8,13-14,17H,4,9-12,18H2,1-3H3. The molecule has 0 aromatic heterocycles. The predicted molar refractivity (Wildman–Crippen MR) is 82.3 cm³/mol. The monoisotopic (exact) mass is 260 g/mol. The number of hydrogen-bond acceptors (Lipinski definition) is 2. The van der Waals surface area contributed by atoms with Crippen LogP contribution in [0.4, 0.5) is 0 Å². The summed E-state index contributed by atoms with van der Waals surface area (Å²) in [6.07, 6.45) is 2.62. The molecule has 1 fully saturated rings. The molecule has 1 aromatic rings. The van der Waals surface area contributed by atoms with E-state index in [-0.39, 0.29) is 0 Å². The van der Waals surface area contributed by atoms with Gasteiger partial charge in [-0.1, -0.05) is 51.5 Å². The van der Waals surface area contributed by atoms with E-state index < -0.39 is 0 Å². The first-order valence-electron chi connectivity index (χ1n) is 7.69. The van der Waals surface area contributed by atoms with Crippen LogP contribution in [0.15, 0.2) is 24.3 Å². The number of rotatable bonds is 5. The van der Waals surface area contributed by atoms with E-state index in [1.54, 1.807) is 0 Å². The minimum absolute atomic E-state index is 0.401. The van der Waals surface area contributed by atoms with Crippen molar-refractivity contribution in [3.63, 3.8) is 0 Å². The van der Waals surface area contributed by atoms with Gasteiger partial charge < -0.3 is 5.73 Å². The Morgan fingerprint density at radius 1 is 1.21 bits per heavy atom. The van der Waals surface area contributed by atoms with E-state index in [0.717, 1.165) is 12.5 Å². The van der Waals surface area contributed by atoms with Crippen molar-refractivity contribution in [3.8, 4) is 0 Å². The van der Waals surface area contributed by atoms with Crippen molar-refractivity contribution in [3.05, 3.63) is 35.4 Å². The first-order chi connectivity index (χ1) is 9.15. The molecule has 0 radical (unpaired) electrons. The van der Waals surface area contributed by atoms with Gasteiger partial charge in [-0.25, -0.2) is 0 Å². The summed E-state index contributed by atoms with van der Waals surface area (Å²) in [6, 6.07) is 9.46. The molecule has 2 atom stereocenters. The second kappa shape index (κ2) is 6.53. The quantitative estimate of drug-likeness (QED) is 0.877. The highest BCUT2D eigenvalue weighted by Gasteiger charge is 2.27. The highest BCUT2D eigenvalue weighted by atomic mass is 15.2.